The SMILES string of the molecule is CCN(C(=O)NC(CCOC)C(=O)O)C(C)COC. The van der Waals surface area contributed by atoms with Crippen LogP contribution >= 0.6 is 0 Å². The number of hydrogen-bond acceptors (Lipinski definition) is 4. The van der Waals surface area contributed by atoms with Crippen LogP contribution in [0, 0.1) is 0 Å². The van der Waals surface area contributed by atoms with Gasteiger partial charge in [-0.1, -0.05) is 0 Å². The van der Waals surface area contributed by atoms with Crippen LogP contribution in [0.1, 0.15) is 20.3 Å². The maximum atomic E-state index is 12.0. The summed E-state index contributed by atoms with van der Waals surface area (Å²) in [6.45, 7) is 4.83. The van der Waals surface area contributed by atoms with Gasteiger partial charge in [0.05, 0.1) is 12.6 Å². The Bertz CT molecular complexity index is 285. The molecular formula is C12H24N2O5. The number of likely N-dealkylation sites (N-methyl/N-ethyl adjacent to an activating group) is 1. The number of carboxylic acids is 1. The zero-order valence-corrected chi connectivity index (χ0v) is 12.0. The summed E-state index contributed by atoms with van der Waals surface area (Å²) in [5, 5.41) is 11.5. The van der Waals surface area contributed by atoms with E-state index in [0.717, 1.165) is 0 Å². The lowest BCUT2D eigenvalue weighted by Gasteiger charge is -2.29. The topological polar surface area (TPSA) is 88.1 Å². The van der Waals surface area contributed by atoms with E-state index in [1.807, 2.05) is 13.8 Å². The molecule has 0 saturated carbocycles. The highest BCUT2D eigenvalue weighted by Crippen LogP contribution is 2.02. The highest BCUT2D eigenvalue weighted by atomic mass is 16.5. The molecule has 0 aliphatic carbocycles. The lowest BCUT2D eigenvalue weighted by molar-refractivity contribution is -0.139. The highest BCUT2D eigenvalue weighted by Gasteiger charge is 2.24. The predicted molar refractivity (Wildman–Crippen MR) is 70.2 cm³/mol. The van der Waals surface area contributed by atoms with Gasteiger partial charge in [-0.05, 0) is 13.8 Å². The van der Waals surface area contributed by atoms with Gasteiger partial charge in [-0.25, -0.2) is 9.59 Å². The Morgan fingerprint density at radius 2 is 1.95 bits per heavy atom. The van der Waals surface area contributed by atoms with E-state index in [1.165, 1.54) is 12.0 Å². The molecule has 0 radical (unpaired) electrons. The maximum absolute atomic E-state index is 12.0. The minimum atomic E-state index is -1.07. The Morgan fingerprint density at radius 3 is 2.37 bits per heavy atom. The van der Waals surface area contributed by atoms with Crippen LogP contribution in [0.2, 0.25) is 0 Å². The minimum Gasteiger partial charge on any atom is -0.480 e. The Morgan fingerprint density at radius 1 is 1.32 bits per heavy atom. The number of aliphatic carboxylic acids is 1. The van der Waals surface area contributed by atoms with Gasteiger partial charge in [0.2, 0.25) is 0 Å². The highest BCUT2D eigenvalue weighted by molar-refractivity contribution is 5.82. The van der Waals surface area contributed by atoms with Crippen molar-refractivity contribution in [3.8, 4) is 0 Å². The second-order valence-electron chi connectivity index (χ2n) is 4.21. The number of carbonyl (C=O) groups is 2. The Balaban J connectivity index is 4.54. The first-order valence-electron chi connectivity index (χ1n) is 6.25. The van der Waals surface area contributed by atoms with Gasteiger partial charge in [0.15, 0.2) is 0 Å². The fraction of sp³-hybridized carbons (Fsp3) is 0.833. The van der Waals surface area contributed by atoms with Crippen molar-refractivity contribution in [1.29, 1.82) is 0 Å². The van der Waals surface area contributed by atoms with Crippen LogP contribution in [-0.4, -0.2) is 68.1 Å². The van der Waals surface area contributed by atoms with Gasteiger partial charge in [0.1, 0.15) is 6.04 Å². The normalized spacial score (nSPS) is 13.7. The lowest BCUT2D eigenvalue weighted by atomic mass is 10.2. The predicted octanol–water partition coefficient (Wildman–Crippen LogP) is 0.543. The molecule has 0 aromatic carbocycles. The third-order valence-corrected chi connectivity index (χ3v) is 2.75. The molecule has 2 amide bonds. The van der Waals surface area contributed by atoms with Crippen molar-refractivity contribution < 1.29 is 24.2 Å². The number of hydrogen-bond donors (Lipinski definition) is 2. The molecule has 2 unspecified atom stereocenters. The van der Waals surface area contributed by atoms with E-state index in [0.29, 0.717) is 13.2 Å². The number of rotatable bonds is 9. The first-order valence-corrected chi connectivity index (χ1v) is 6.25. The number of nitrogens with zero attached hydrogens (tertiary/aromatic N) is 1. The van der Waals surface area contributed by atoms with E-state index < -0.39 is 18.0 Å². The van der Waals surface area contributed by atoms with Crippen molar-refractivity contribution in [3.05, 3.63) is 0 Å². The van der Waals surface area contributed by atoms with Crippen molar-refractivity contribution in [3.63, 3.8) is 0 Å². The lowest BCUT2D eigenvalue weighted by Crippen LogP contribution is -2.51. The molecule has 0 aliphatic heterocycles. The molecule has 0 aromatic rings. The van der Waals surface area contributed by atoms with E-state index >= 15 is 0 Å². The molecule has 2 atom stereocenters. The molecule has 19 heavy (non-hydrogen) atoms. The fourth-order valence-electron chi connectivity index (χ4n) is 1.71. The van der Waals surface area contributed by atoms with Gasteiger partial charge >= 0.3 is 12.0 Å². The van der Waals surface area contributed by atoms with Crippen LogP contribution in [0.15, 0.2) is 0 Å². The summed E-state index contributed by atoms with van der Waals surface area (Å²) in [6, 6.07) is -1.47. The summed E-state index contributed by atoms with van der Waals surface area (Å²) in [6.07, 6.45) is 0.230. The minimum absolute atomic E-state index is 0.119. The van der Waals surface area contributed by atoms with Crippen LogP contribution in [0.4, 0.5) is 4.79 Å². The van der Waals surface area contributed by atoms with Crippen LogP contribution in [0.3, 0.4) is 0 Å². The fourth-order valence-corrected chi connectivity index (χ4v) is 1.71. The zero-order valence-electron chi connectivity index (χ0n) is 12.0. The van der Waals surface area contributed by atoms with Crippen LogP contribution in [-0.2, 0) is 14.3 Å². The van der Waals surface area contributed by atoms with Gasteiger partial charge in [-0.3, -0.25) is 0 Å². The monoisotopic (exact) mass is 276 g/mol. The molecule has 0 saturated heterocycles. The molecule has 7 heteroatoms. The summed E-state index contributed by atoms with van der Waals surface area (Å²) >= 11 is 0. The maximum Gasteiger partial charge on any atom is 0.326 e. The van der Waals surface area contributed by atoms with Crippen molar-refractivity contribution >= 4 is 12.0 Å². The number of ether oxygens (including phenoxy) is 2. The molecule has 112 valence electrons. The number of carboxylic acid groups (broad SMARTS) is 1. The van der Waals surface area contributed by atoms with Gasteiger partial charge in [0.25, 0.3) is 0 Å². The second kappa shape index (κ2) is 9.57. The number of nitrogens with one attached hydrogen (secondary N) is 1. The van der Waals surface area contributed by atoms with E-state index in [4.69, 9.17) is 14.6 Å². The average Bonchev–Trinajstić information content (AvgIpc) is 2.35. The second-order valence-corrected chi connectivity index (χ2v) is 4.21. The van der Waals surface area contributed by atoms with Crippen molar-refractivity contribution in [2.45, 2.75) is 32.4 Å². The molecule has 2 N–H and O–H groups in total. The summed E-state index contributed by atoms with van der Waals surface area (Å²) in [5.41, 5.74) is 0. The van der Waals surface area contributed by atoms with E-state index in [2.05, 4.69) is 5.32 Å². The van der Waals surface area contributed by atoms with Crippen LogP contribution in [0.25, 0.3) is 0 Å². The molecule has 0 aliphatic rings. The first-order chi connectivity index (χ1) is 8.97. The van der Waals surface area contributed by atoms with Crippen LogP contribution in [0.5, 0.6) is 0 Å². The standard InChI is InChI=1S/C12H24N2O5/c1-5-14(9(2)8-19-4)12(17)13-10(11(15)16)6-7-18-3/h9-10H,5-8H2,1-4H3,(H,13,17)(H,15,16). The third kappa shape index (κ3) is 6.40. The smallest absolute Gasteiger partial charge is 0.326 e. The van der Waals surface area contributed by atoms with Crippen molar-refractivity contribution in [1.82, 2.24) is 10.2 Å². The molecular weight excluding hydrogens is 252 g/mol. The molecule has 0 aromatic heterocycles. The van der Waals surface area contributed by atoms with Crippen molar-refractivity contribution in [2.75, 3.05) is 34.0 Å². The molecule has 0 heterocycles. The number of carbonyl (C=O) groups excluding carboxylic acids is 1. The van der Waals surface area contributed by atoms with Gasteiger partial charge in [0, 0.05) is 33.8 Å². The van der Waals surface area contributed by atoms with Gasteiger partial charge < -0.3 is 24.8 Å². The van der Waals surface area contributed by atoms with E-state index in [1.54, 1.807) is 7.11 Å². The molecule has 0 rings (SSSR count). The Labute approximate surface area is 113 Å². The molecule has 0 fully saturated rings. The number of methoxy groups -OCH3 is 2. The first kappa shape index (κ1) is 17.7. The number of urea groups is 1. The number of amides is 2. The quantitative estimate of drug-likeness (QED) is 0.642. The summed E-state index contributed by atoms with van der Waals surface area (Å²) in [5.74, 6) is -1.07. The van der Waals surface area contributed by atoms with Gasteiger partial charge in [-0.15, -0.1) is 0 Å². The Kier molecular flexibility index (Phi) is 8.90. The van der Waals surface area contributed by atoms with Crippen LogP contribution < -0.4 is 5.32 Å². The summed E-state index contributed by atoms with van der Waals surface area (Å²) < 4.78 is 9.82. The third-order valence-electron chi connectivity index (χ3n) is 2.75. The van der Waals surface area contributed by atoms with Gasteiger partial charge in [-0.2, -0.15) is 0 Å². The zero-order chi connectivity index (χ0) is 14.8. The average molecular weight is 276 g/mol. The summed E-state index contributed by atoms with van der Waals surface area (Å²) in [4.78, 5) is 24.6. The molecule has 0 spiro atoms. The van der Waals surface area contributed by atoms with E-state index in [-0.39, 0.29) is 19.1 Å². The van der Waals surface area contributed by atoms with E-state index in [9.17, 15) is 9.59 Å². The Hall–Kier alpha value is -1.34. The van der Waals surface area contributed by atoms with Crippen molar-refractivity contribution in [2.24, 2.45) is 0 Å². The summed E-state index contributed by atoms with van der Waals surface area (Å²) in [7, 11) is 3.04. The largest absolute Gasteiger partial charge is 0.480 e. The molecule has 0 bridgehead atoms. The molecule has 7 nitrogen and oxygen atoms in total.